The number of aryl methyl sites for hydroxylation is 2. The summed E-state index contributed by atoms with van der Waals surface area (Å²) in [6.45, 7) is 2.45. The Labute approximate surface area is 146 Å². The molecule has 0 atom stereocenters. The summed E-state index contributed by atoms with van der Waals surface area (Å²) >= 11 is 0. The molecule has 2 aromatic heterocycles. The van der Waals surface area contributed by atoms with Gasteiger partial charge in [-0.3, -0.25) is 9.78 Å². The van der Waals surface area contributed by atoms with Crippen molar-refractivity contribution in [2.24, 2.45) is 0 Å². The van der Waals surface area contributed by atoms with E-state index >= 15 is 0 Å². The maximum absolute atomic E-state index is 12.3. The molecule has 0 unspecified atom stereocenters. The SMILES string of the molecule is Cc1cnc(C(=O)N(C)CCCc2cc(-c3ccccc3)no2)cn1. The highest BCUT2D eigenvalue weighted by Gasteiger charge is 2.14. The molecule has 6 nitrogen and oxygen atoms in total. The molecule has 0 radical (unpaired) electrons. The van der Waals surface area contributed by atoms with Crippen molar-refractivity contribution in [1.82, 2.24) is 20.0 Å². The van der Waals surface area contributed by atoms with Crippen LogP contribution in [0.4, 0.5) is 0 Å². The summed E-state index contributed by atoms with van der Waals surface area (Å²) in [4.78, 5) is 22.2. The Morgan fingerprint density at radius 1 is 1.16 bits per heavy atom. The van der Waals surface area contributed by atoms with Gasteiger partial charge in [-0.1, -0.05) is 35.5 Å². The Balaban J connectivity index is 1.52. The van der Waals surface area contributed by atoms with Crippen LogP contribution in [0.2, 0.25) is 0 Å². The quantitative estimate of drug-likeness (QED) is 0.691. The van der Waals surface area contributed by atoms with Gasteiger partial charge >= 0.3 is 0 Å². The van der Waals surface area contributed by atoms with Crippen molar-refractivity contribution < 1.29 is 9.32 Å². The third-order valence-corrected chi connectivity index (χ3v) is 3.89. The van der Waals surface area contributed by atoms with Gasteiger partial charge in [0.2, 0.25) is 0 Å². The summed E-state index contributed by atoms with van der Waals surface area (Å²) < 4.78 is 5.38. The topological polar surface area (TPSA) is 72.1 Å². The number of hydrogen-bond donors (Lipinski definition) is 0. The summed E-state index contributed by atoms with van der Waals surface area (Å²) in [7, 11) is 1.76. The first-order chi connectivity index (χ1) is 12.1. The molecule has 0 aliphatic rings. The highest BCUT2D eigenvalue weighted by Crippen LogP contribution is 2.19. The predicted octanol–water partition coefficient (Wildman–Crippen LogP) is 3.14. The zero-order valence-electron chi connectivity index (χ0n) is 14.3. The fourth-order valence-electron chi connectivity index (χ4n) is 2.47. The normalized spacial score (nSPS) is 10.6. The summed E-state index contributed by atoms with van der Waals surface area (Å²) in [6, 6.07) is 11.8. The molecule has 3 aromatic rings. The summed E-state index contributed by atoms with van der Waals surface area (Å²) in [5, 5.41) is 4.10. The molecule has 2 heterocycles. The molecular weight excluding hydrogens is 316 g/mol. The van der Waals surface area contributed by atoms with Crippen molar-refractivity contribution in [2.75, 3.05) is 13.6 Å². The molecule has 128 valence electrons. The van der Waals surface area contributed by atoms with Crippen LogP contribution >= 0.6 is 0 Å². The van der Waals surface area contributed by atoms with Gasteiger partial charge in [-0.25, -0.2) is 4.98 Å². The molecule has 0 aliphatic heterocycles. The van der Waals surface area contributed by atoms with E-state index in [2.05, 4.69) is 15.1 Å². The fourth-order valence-corrected chi connectivity index (χ4v) is 2.47. The van der Waals surface area contributed by atoms with Crippen LogP contribution in [0.5, 0.6) is 0 Å². The largest absolute Gasteiger partial charge is 0.361 e. The van der Waals surface area contributed by atoms with Gasteiger partial charge in [0.05, 0.1) is 11.9 Å². The van der Waals surface area contributed by atoms with E-state index in [9.17, 15) is 4.79 Å². The first kappa shape index (κ1) is 16.8. The molecule has 3 rings (SSSR count). The van der Waals surface area contributed by atoms with Crippen LogP contribution in [0, 0.1) is 6.92 Å². The molecule has 0 saturated heterocycles. The Hall–Kier alpha value is -3.02. The van der Waals surface area contributed by atoms with Crippen molar-refractivity contribution in [1.29, 1.82) is 0 Å². The Morgan fingerprint density at radius 2 is 1.96 bits per heavy atom. The van der Waals surface area contributed by atoms with E-state index in [1.165, 1.54) is 6.20 Å². The second-order valence-electron chi connectivity index (χ2n) is 5.92. The highest BCUT2D eigenvalue weighted by atomic mass is 16.5. The van der Waals surface area contributed by atoms with Gasteiger partial charge < -0.3 is 9.42 Å². The van der Waals surface area contributed by atoms with E-state index in [1.807, 2.05) is 43.3 Å². The monoisotopic (exact) mass is 336 g/mol. The Bertz CT molecular complexity index is 828. The lowest BCUT2D eigenvalue weighted by atomic mass is 10.1. The van der Waals surface area contributed by atoms with Crippen LogP contribution in [0.15, 0.2) is 53.3 Å². The lowest BCUT2D eigenvalue weighted by Crippen LogP contribution is -2.28. The Kier molecular flexibility index (Phi) is 5.18. The zero-order chi connectivity index (χ0) is 17.6. The number of carbonyl (C=O) groups is 1. The van der Waals surface area contributed by atoms with Gasteiger partial charge in [0.1, 0.15) is 17.1 Å². The number of amides is 1. The summed E-state index contributed by atoms with van der Waals surface area (Å²) in [6.07, 6.45) is 4.61. The van der Waals surface area contributed by atoms with Gasteiger partial charge in [-0.2, -0.15) is 0 Å². The Morgan fingerprint density at radius 3 is 2.68 bits per heavy atom. The average molecular weight is 336 g/mol. The standard InChI is InChI=1S/C19H20N4O2/c1-14-12-21-18(13-20-14)19(24)23(2)10-6-9-16-11-17(22-25-16)15-7-4-3-5-8-15/h3-5,7-8,11-13H,6,9-10H2,1-2H3. The van der Waals surface area contributed by atoms with Crippen LogP contribution < -0.4 is 0 Å². The lowest BCUT2D eigenvalue weighted by molar-refractivity contribution is 0.0786. The van der Waals surface area contributed by atoms with Crippen LogP contribution in [-0.2, 0) is 6.42 Å². The van der Waals surface area contributed by atoms with Crippen LogP contribution in [0.1, 0.15) is 28.4 Å². The molecule has 0 spiro atoms. The average Bonchev–Trinajstić information content (AvgIpc) is 3.11. The number of carbonyl (C=O) groups excluding carboxylic acids is 1. The number of aromatic nitrogens is 3. The maximum Gasteiger partial charge on any atom is 0.273 e. The van der Waals surface area contributed by atoms with Crippen molar-refractivity contribution in [3.05, 3.63) is 65.9 Å². The van der Waals surface area contributed by atoms with Gasteiger partial charge in [0.15, 0.2) is 0 Å². The van der Waals surface area contributed by atoms with E-state index < -0.39 is 0 Å². The van der Waals surface area contributed by atoms with E-state index in [0.29, 0.717) is 12.2 Å². The number of hydrogen-bond acceptors (Lipinski definition) is 5. The van der Waals surface area contributed by atoms with Crippen molar-refractivity contribution >= 4 is 5.91 Å². The molecule has 0 bridgehead atoms. The van der Waals surface area contributed by atoms with Crippen molar-refractivity contribution in [3.8, 4) is 11.3 Å². The molecule has 6 heteroatoms. The summed E-state index contributed by atoms with van der Waals surface area (Å²) in [5.74, 6) is 0.685. The summed E-state index contributed by atoms with van der Waals surface area (Å²) in [5.41, 5.74) is 3.01. The minimum Gasteiger partial charge on any atom is -0.361 e. The lowest BCUT2D eigenvalue weighted by Gasteiger charge is -2.15. The van der Waals surface area contributed by atoms with Crippen molar-refractivity contribution in [3.63, 3.8) is 0 Å². The molecule has 1 aromatic carbocycles. The fraction of sp³-hybridized carbons (Fsp3) is 0.263. The third kappa shape index (κ3) is 4.29. The van der Waals surface area contributed by atoms with E-state index in [4.69, 9.17) is 4.52 Å². The second kappa shape index (κ2) is 7.70. The van der Waals surface area contributed by atoms with Gasteiger partial charge in [-0.15, -0.1) is 0 Å². The number of nitrogens with zero attached hydrogens (tertiary/aromatic N) is 4. The van der Waals surface area contributed by atoms with E-state index in [-0.39, 0.29) is 5.91 Å². The number of benzene rings is 1. The zero-order valence-corrected chi connectivity index (χ0v) is 14.3. The molecule has 1 amide bonds. The first-order valence-corrected chi connectivity index (χ1v) is 8.18. The molecule has 0 N–H and O–H groups in total. The highest BCUT2D eigenvalue weighted by molar-refractivity contribution is 5.91. The van der Waals surface area contributed by atoms with Crippen LogP contribution in [0.3, 0.4) is 0 Å². The van der Waals surface area contributed by atoms with E-state index in [0.717, 1.165) is 35.6 Å². The van der Waals surface area contributed by atoms with Gasteiger partial charge in [0.25, 0.3) is 5.91 Å². The molecular formula is C19H20N4O2. The molecule has 0 saturated carbocycles. The third-order valence-electron chi connectivity index (χ3n) is 3.89. The maximum atomic E-state index is 12.3. The minimum atomic E-state index is -0.130. The first-order valence-electron chi connectivity index (χ1n) is 8.18. The van der Waals surface area contributed by atoms with E-state index in [1.54, 1.807) is 18.1 Å². The predicted molar refractivity (Wildman–Crippen MR) is 94.0 cm³/mol. The van der Waals surface area contributed by atoms with Gasteiger partial charge in [-0.05, 0) is 13.3 Å². The van der Waals surface area contributed by atoms with Gasteiger partial charge in [0, 0.05) is 37.8 Å². The molecule has 0 aliphatic carbocycles. The van der Waals surface area contributed by atoms with Crippen molar-refractivity contribution in [2.45, 2.75) is 19.8 Å². The molecule has 0 fully saturated rings. The smallest absolute Gasteiger partial charge is 0.273 e. The minimum absolute atomic E-state index is 0.130. The number of rotatable bonds is 6. The van der Waals surface area contributed by atoms with Crippen LogP contribution in [0.25, 0.3) is 11.3 Å². The van der Waals surface area contributed by atoms with Crippen LogP contribution in [-0.4, -0.2) is 39.5 Å². The molecule has 25 heavy (non-hydrogen) atoms. The second-order valence-corrected chi connectivity index (χ2v) is 5.92.